The Kier molecular flexibility index (Phi) is 5.64. The van der Waals surface area contributed by atoms with Crippen molar-refractivity contribution in [3.05, 3.63) is 22.2 Å². The third-order valence-corrected chi connectivity index (χ3v) is 4.19. The fourth-order valence-corrected chi connectivity index (χ4v) is 3.20. The number of hydrogen-bond donors (Lipinski definition) is 1. The first-order chi connectivity index (χ1) is 8.81. The van der Waals surface area contributed by atoms with Crippen molar-refractivity contribution in [1.82, 2.24) is 5.32 Å². The van der Waals surface area contributed by atoms with Gasteiger partial charge in [-0.1, -0.05) is 6.92 Å². The van der Waals surface area contributed by atoms with Gasteiger partial charge in [0.2, 0.25) is 0 Å². The Morgan fingerprint density at radius 3 is 2.58 bits per heavy atom. The third kappa shape index (κ3) is 4.09. The molecule has 0 unspecified atom stereocenters. The van der Waals surface area contributed by atoms with Gasteiger partial charge >= 0.3 is 0 Å². The summed E-state index contributed by atoms with van der Waals surface area (Å²) in [6, 6.07) is 2.67. The smallest absolute Gasteiger partial charge is 0.265 e. The van der Waals surface area contributed by atoms with Crippen LogP contribution in [0.4, 0.5) is 0 Å². The lowest BCUT2D eigenvalue weighted by Gasteiger charge is -2.11. The van der Waals surface area contributed by atoms with Gasteiger partial charge in [-0.3, -0.25) is 4.79 Å². The van der Waals surface area contributed by atoms with Gasteiger partial charge in [0.05, 0.1) is 11.6 Å². The fourth-order valence-electron chi connectivity index (χ4n) is 1.42. The molecule has 0 aliphatic rings. The van der Waals surface area contributed by atoms with Crippen LogP contribution in [-0.2, 0) is 9.05 Å². The standard InChI is InChI=1S/C11H13BrClNO4S/c1-3-4-14-11(15)7-5-8(12)10(18-2)9(6-7)19(13,16)17/h5-6H,3-4H2,1-2H3,(H,14,15). The molecule has 19 heavy (non-hydrogen) atoms. The van der Waals surface area contributed by atoms with E-state index in [9.17, 15) is 13.2 Å². The Bertz CT molecular complexity index is 589. The first-order valence-electron chi connectivity index (χ1n) is 5.41. The van der Waals surface area contributed by atoms with Gasteiger partial charge in [0, 0.05) is 22.8 Å². The summed E-state index contributed by atoms with van der Waals surface area (Å²) in [4.78, 5) is 11.6. The summed E-state index contributed by atoms with van der Waals surface area (Å²) in [5.41, 5.74) is 0.195. The number of hydrogen-bond acceptors (Lipinski definition) is 4. The van der Waals surface area contributed by atoms with Crippen LogP contribution in [0.2, 0.25) is 0 Å². The van der Waals surface area contributed by atoms with Crippen LogP contribution in [-0.4, -0.2) is 28.0 Å². The SMILES string of the molecule is CCCNC(=O)c1cc(Br)c(OC)c(S(=O)(=O)Cl)c1. The second kappa shape index (κ2) is 6.58. The maximum atomic E-state index is 11.8. The first kappa shape index (κ1) is 16.3. The highest BCUT2D eigenvalue weighted by atomic mass is 79.9. The number of benzene rings is 1. The second-order valence-corrected chi connectivity index (χ2v) is 7.07. The molecule has 0 atom stereocenters. The summed E-state index contributed by atoms with van der Waals surface area (Å²) in [5, 5.41) is 2.65. The Hall–Kier alpha value is -0.790. The van der Waals surface area contributed by atoms with Crippen molar-refractivity contribution in [1.29, 1.82) is 0 Å². The number of carbonyl (C=O) groups excluding carboxylic acids is 1. The zero-order valence-corrected chi connectivity index (χ0v) is 13.5. The van der Waals surface area contributed by atoms with E-state index in [-0.39, 0.29) is 22.1 Å². The van der Waals surface area contributed by atoms with Crippen LogP contribution in [0.1, 0.15) is 23.7 Å². The highest BCUT2D eigenvalue weighted by molar-refractivity contribution is 9.10. The fraction of sp³-hybridized carbons (Fsp3) is 0.364. The zero-order chi connectivity index (χ0) is 14.6. The van der Waals surface area contributed by atoms with Crippen LogP contribution in [0, 0.1) is 0 Å². The van der Waals surface area contributed by atoms with E-state index in [0.29, 0.717) is 11.0 Å². The summed E-state index contributed by atoms with van der Waals surface area (Å²) < 4.78 is 28.3. The summed E-state index contributed by atoms with van der Waals surface area (Å²) in [7, 11) is 2.65. The molecular weight excluding hydrogens is 358 g/mol. The molecule has 0 fully saturated rings. The molecule has 0 aliphatic carbocycles. The van der Waals surface area contributed by atoms with Gasteiger partial charge in [0.25, 0.3) is 15.0 Å². The highest BCUT2D eigenvalue weighted by Crippen LogP contribution is 2.35. The maximum Gasteiger partial charge on any atom is 0.265 e. The number of amides is 1. The second-order valence-electron chi connectivity index (χ2n) is 3.68. The molecule has 0 radical (unpaired) electrons. The lowest BCUT2D eigenvalue weighted by molar-refractivity contribution is 0.0953. The largest absolute Gasteiger partial charge is 0.494 e. The van der Waals surface area contributed by atoms with E-state index in [4.69, 9.17) is 15.4 Å². The average Bonchev–Trinajstić information content (AvgIpc) is 2.33. The number of carbonyl (C=O) groups is 1. The Morgan fingerprint density at radius 1 is 1.47 bits per heavy atom. The van der Waals surface area contributed by atoms with Gasteiger partial charge in [-0.2, -0.15) is 0 Å². The van der Waals surface area contributed by atoms with Crippen molar-refractivity contribution in [3.63, 3.8) is 0 Å². The van der Waals surface area contributed by atoms with Gasteiger partial charge < -0.3 is 10.1 Å². The third-order valence-electron chi connectivity index (χ3n) is 2.27. The van der Waals surface area contributed by atoms with E-state index in [1.165, 1.54) is 19.2 Å². The molecular formula is C11H13BrClNO4S. The molecule has 0 aromatic heterocycles. The lowest BCUT2D eigenvalue weighted by atomic mass is 10.2. The van der Waals surface area contributed by atoms with E-state index in [1.54, 1.807) is 0 Å². The molecule has 1 aromatic carbocycles. The molecule has 8 heteroatoms. The van der Waals surface area contributed by atoms with Crippen molar-refractivity contribution >= 4 is 41.6 Å². The number of nitrogens with one attached hydrogen (secondary N) is 1. The number of rotatable bonds is 5. The van der Waals surface area contributed by atoms with Crippen LogP contribution in [0.25, 0.3) is 0 Å². The minimum absolute atomic E-state index is 0.0713. The van der Waals surface area contributed by atoms with Gasteiger partial charge in [0.1, 0.15) is 4.90 Å². The van der Waals surface area contributed by atoms with Crippen LogP contribution in [0.5, 0.6) is 5.75 Å². The van der Waals surface area contributed by atoms with E-state index in [2.05, 4.69) is 21.2 Å². The molecule has 106 valence electrons. The first-order valence-corrected chi connectivity index (χ1v) is 8.51. The van der Waals surface area contributed by atoms with E-state index in [0.717, 1.165) is 6.42 Å². The molecule has 0 aliphatic heterocycles. The number of halogens is 2. The highest BCUT2D eigenvalue weighted by Gasteiger charge is 2.22. The van der Waals surface area contributed by atoms with E-state index < -0.39 is 9.05 Å². The van der Waals surface area contributed by atoms with Crippen molar-refractivity contribution in [2.45, 2.75) is 18.2 Å². The van der Waals surface area contributed by atoms with Crippen LogP contribution >= 0.6 is 26.6 Å². The topological polar surface area (TPSA) is 72.5 Å². The van der Waals surface area contributed by atoms with Gasteiger partial charge in [-0.25, -0.2) is 8.42 Å². The Morgan fingerprint density at radius 2 is 2.11 bits per heavy atom. The molecule has 0 saturated heterocycles. The normalized spacial score (nSPS) is 11.2. The molecule has 0 heterocycles. The van der Waals surface area contributed by atoms with Crippen molar-refractivity contribution in [2.75, 3.05) is 13.7 Å². The lowest BCUT2D eigenvalue weighted by Crippen LogP contribution is -2.24. The zero-order valence-electron chi connectivity index (χ0n) is 10.4. The Balaban J connectivity index is 3.32. The predicted octanol–water partition coefficient (Wildman–Crippen LogP) is 2.53. The van der Waals surface area contributed by atoms with E-state index in [1.807, 2.05) is 6.92 Å². The molecule has 0 bridgehead atoms. The summed E-state index contributed by atoms with van der Waals surface area (Å²) in [6.45, 7) is 2.42. The predicted molar refractivity (Wildman–Crippen MR) is 76.4 cm³/mol. The number of ether oxygens (including phenoxy) is 1. The van der Waals surface area contributed by atoms with Crippen LogP contribution in [0.3, 0.4) is 0 Å². The monoisotopic (exact) mass is 369 g/mol. The molecule has 5 nitrogen and oxygen atoms in total. The molecule has 1 aromatic rings. The molecule has 1 amide bonds. The Labute approximate surface area is 124 Å². The molecule has 1 N–H and O–H groups in total. The minimum Gasteiger partial charge on any atom is -0.494 e. The number of methoxy groups -OCH3 is 1. The molecule has 1 rings (SSSR count). The summed E-state index contributed by atoms with van der Waals surface area (Å²) >= 11 is 3.16. The van der Waals surface area contributed by atoms with Crippen LogP contribution in [0.15, 0.2) is 21.5 Å². The van der Waals surface area contributed by atoms with Gasteiger partial charge in [-0.05, 0) is 34.5 Å². The maximum absolute atomic E-state index is 11.8. The molecule has 0 spiro atoms. The minimum atomic E-state index is -4.01. The van der Waals surface area contributed by atoms with Gasteiger partial charge in [-0.15, -0.1) is 0 Å². The van der Waals surface area contributed by atoms with Crippen molar-refractivity contribution in [2.24, 2.45) is 0 Å². The van der Waals surface area contributed by atoms with Crippen molar-refractivity contribution < 1.29 is 17.9 Å². The average molecular weight is 371 g/mol. The summed E-state index contributed by atoms with van der Waals surface area (Å²) in [5.74, 6) is -0.297. The van der Waals surface area contributed by atoms with Gasteiger partial charge in [0.15, 0.2) is 5.75 Å². The molecule has 0 saturated carbocycles. The summed E-state index contributed by atoms with van der Waals surface area (Å²) in [6.07, 6.45) is 0.781. The van der Waals surface area contributed by atoms with Crippen molar-refractivity contribution in [3.8, 4) is 5.75 Å². The quantitative estimate of drug-likeness (QED) is 0.808. The van der Waals surface area contributed by atoms with Crippen LogP contribution < -0.4 is 10.1 Å². The van der Waals surface area contributed by atoms with E-state index >= 15 is 0 Å².